The number of aromatic hydroxyl groups is 2. The van der Waals surface area contributed by atoms with Crippen LogP contribution in [0.1, 0.15) is 82.0 Å². The lowest BCUT2D eigenvalue weighted by Gasteiger charge is -2.38. The Kier molecular flexibility index (Phi) is 12.0. The maximum atomic E-state index is 14.3. The molecule has 4 atom stereocenters. The summed E-state index contributed by atoms with van der Waals surface area (Å²) in [6, 6.07) is 8.50. The van der Waals surface area contributed by atoms with Crippen LogP contribution in [0.3, 0.4) is 0 Å². The number of allylic oxidation sites excluding steroid dienone is 6. The van der Waals surface area contributed by atoms with Crippen LogP contribution in [0.4, 0.5) is 5.69 Å². The summed E-state index contributed by atoms with van der Waals surface area (Å²) in [7, 11) is 1.41. The number of benzene rings is 2. The molecule has 1 aliphatic carbocycles. The second-order valence-electron chi connectivity index (χ2n) is 16.1. The van der Waals surface area contributed by atoms with Crippen molar-refractivity contribution in [3.8, 4) is 17.2 Å². The highest BCUT2D eigenvalue weighted by atomic mass is 16.5. The second-order valence-corrected chi connectivity index (χ2v) is 16.1. The van der Waals surface area contributed by atoms with Crippen molar-refractivity contribution >= 4 is 34.0 Å². The summed E-state index contributed by atoms with van der Waals surface area (Å²) >= 11 is 0. The summed E-state index contributed by atoms with van der Waals surface area (Å²) in [5, 5.41) is 26.8. The van der Waals surface area contributed by atoms with Gasteiger partial charge in [0.2, 0.25) is 5.75 Å². The largest absolute Gasteiger partial charge is 0.504 e. The molecule has 3 aliphatic rings. The molecule has 0 amide bonds. The SMILES string of the molecule is COc1cc([C@@H]2CC(=O)C[C@H](OC(C)=O)CC[C@@]3(C=CC=C[C@@H]3C)Cc3c[nH]cc3CCC3=CCNC(=C3)N(CCC(C)=O)c3cccc4cn2cc34)cc(O)c1O. The molecule has 1 spiro atoms. The van der Waals surface area contributed by atoms with Crippen LogP contribution in [-0.4, -0.2) is 63.6 Å². The Labute approximate surface area is 339 Å². The number of hydrogen-bond acceptors (Lipinski definition) is 9. The lowest BCUT2D eigenvalue weighted by molar-refractivity contribution is -0.148. The third-order valence-electron chi connectivity index (χ3n) is 12.1. The average Bonchev–Trinajstić information content (AvgIpc) is 3.84. The number of phenolic OH excluding ortho intramolecular Hbond substituents is 2. The lowest BCUT2D eigenvalue weighted by Crippen LogP contribution is -2.35. The number of aromatic nitrogens is 2. The highest BCUT2D eigenvalue weighted by Crippen LogP contribution is 2.44. The van der Waals surface area contributed by atoms with Crippen LogP contribution >= 0.6 is 0 Å². The van der Waals surface area contributed by atoms with Gasteiger partial charge in [0.25, 0.3) is 0 Å². The standard InChI is InChI=1S/C47H54N4O7/c1-30-8-5-6-16-47(30)17-13-39(58-32(3)53)23-38(54)24-42(36-21-43(55)46(56)44(22-36)57-4)50-28-35-9-7-10-41(40(35)29-50)51(19-15-31(2)52)45-20-33(14-18-49-45)11-12-34-26-48-27-37(34)25-47/h5-10,14,16,20-22,26-30,39,42,48-49,55-56H,11-13,15,17-19,23-25H2,1-4H3/t30-,39+,42-,47-/m0/s1. The number of Topliss-reactive ketones (excluding diaryl/α,β-unsaturated/α-hetero) is 2. The van der Waals surface area contributed by atoms with Crippen molar-refractivity contribution in [2.75, 3.05) is 25.1 Å². The Bertz CT molecular complexity index is 2310. The predicted octanol–water partition coefficient (Wildman–Crippen LogP) is 8.13. The Hall–Kier alpha value is -5.97. The summed E-state index contributed by atoms with van der Waals surface area (Å²) in [6.07, 6.45) is 24.6. The van der Waals surface area contributed by atoms with E-state index in [2.05, 4.69) is 71.0 Å². The van der Waals surface area contributed by atoms with E-state index in [-0.39, 0.29) is 53.0 Å². The number of carbonyl (C=O) groups excluding carboxylic acids is 3. The Morgan fingerprint density at radius 1 is 1.03 bits per heavy atom. The fourth-order valence-corrected chi connectivity index (χ4v) is 8.82. The molecule has 4 heterocycles. The number of fused-ring (bicyclic) bond motifs is 3. The van der Waals surface area contributed by atoms with Crippen molar-refractivity contribution in [3.63, 3.8) is 0 Å². The number of aromatic amines is 1. The number of dihydropyridines is 1. The molecule has 4 N–H and O–H groups in total. The van der Waals surface area contributed by atoms with E-state index in [1.807, 2.05) is 35.2 Å². The number of esters is 1. The topological polar surface area (TPSA) is 146 Å². The molecule has 4 bridgehead atoms. The fraction of sp³-hybridized carbons (Fsp3) is 0.383. The molecule has 4 aromatic rings. The van der Waals surface area contributed by atoms with Gasteiger partial charge in [-0.2, -0.15) is 0 Å². The third-order valence-corrected chi connectivity index (χ3v) is 12.1. The van der Waals surface area contributed by atoms with Crippen molar-refractivity contribution in [2.24, 2.45) is 11.3 Å². The molecular formula is C47H54N4O7. The van der Waals surface area contributed by atoms with Gasteiger partial charge >= 0.3 is 5.97 Å². The molecule has 2 aliphatic heterocycles. The van der Waals surface area contributed by atoms with Crippen LogP contribution < -0.4 is 15.0 Å². The van der Waals surface area contributed by atoms with Crippen LogP contribution in [0.5, 0.6) is 17.2 Å². The molecule has 0 fully saturated rings. The van der Waals surface area contributed by atoms with Gasteiger partial charge < -0.3 is 39.5 Å². The quantitative estimate of drug-likeness (QED) is 0.112. The Balaban J connectivity index is 1.36. The molecule has 2 aromatic carbocycles. The van der Waals surface area contributed by atoms with Crippen LogP contribution in [0, 0.1) is 11.3 Å². The van der Waals surface area contributed by atoms with Crippen LogP contribution in [-0.2, 0) is 32.0 Å². The van der Waals surface area contributed by atoms with E-state index in [4.69, 9.17) is 9.47 Å². The van der Waals surface area contributed by atoms with Gasteiger partial charge in [-0.25, -0.2) is 0 Å². The van der Waals surface area contributed by atoms with Gasteiger partial charge in [-0.15, -0.1) is 0 Å². The number of phenols is 2. The van der Waals surface area contributed by atoms with Crippen molar-refractivity contribution in [3.05, 3.63) is 120 Å². The number of ketones is 2. The minimum atomic E-state index is -0.645. The van der Waals surface area contributed by atoms with Gasteiger partial charge in [-0.05, 0) is 96.9 Å². The van der Waals surface area contributed by atoms with Gasteiger partial charge in [0.05, 0.1) is 18.8 Å². The van der Waals surface area contributed by atoms with Gasteiger partial charge in [0, 0.05) is 74.8 Å². The second kappa shape index (κ2) is 17.3. The Morgan fingerprint density at radius 3 is 2.64 bits per heavy atom. The first-order valence-electron chi connectivity index (χ1n) is 20.2. The minimum Gasteiger partial charge on any atom is -0.504 e. The molecule has 304 valence electrons. The molecule has 11 heteroatoms. The first kappa shape index (κ1) is 40.2. The summed E-state index contributed by atoms with van der Waals surface area (Å²) in [4.78, 5) is 44.8. The number of nitrogens with one attached hydrogen (secondary N) is 2. The first-order valence-corrected chi connectivity index (χ1v) is 20.2. The molecular weight excluding hydrogens is 733 g/mol. The number of carbonyl (C=O) groups is 3. The number of hydrogen-bond donors (Lipinski definition) is 4. The van der Waals surface area contributed by atoms with E-state index in [1.165, 1.54) is 36.8 Å². The van der Waals surface area contributed by atoms with E-state index in [1.54, 1.807) is 13.0 Å². The number of anilines is 1. The molecule has 0 saturated carbocycles. The van der Waals surface area contributed by atoms with E-state index in [9.17, 15) is 24.6 Å². The molecule has 11 nitrogen and oxygen atoms in total. The monoisotopic (exact) mass is 786 g/mol. The molecule has 58 heavy (non-hydrogen) atoms. The zero-order valence-electron chi connectivity index (χ0n) is 33.8. The van der Waals surface area contributed by atoms with Crippen molar-refractivity contribution in [2.45, 2.75) is 84.3 Å². The van der Waals surface area contributed by atoms with Crippen LogP contribution in [0.25, 0.3) is 10.8 Å². The zero-order valence-corrected chi connectivity index (χ0v) is 33.8. The summed E-state index contributed by atoms with van der Waals surface area (Å²) in [5.41, 5.74) is 4.89. The maximum Gasteiger partial charge on any atom is 0.302 e. The van der Waals surface area contributed by atoms with Gasteiger partial charge in [0.1, 0.15) is 23.5 Å². The van der Waals surface area contributed by atoms with E-state index in [0.717, 1.165) is 41.5 Å². The molecule has 0 saturated heterocycles. The van der Waals surface area contributed by atoms with Crippen molar-refractivity contribution in [1.82, 2.24) is 14.9 Å². The molecule has 0 unspecified atom stereocenters. The van der Waals surface area contributed by atoms with Gasteiger partial charge in [-0.1, -0.05) is 49.4 Å². The molecule has 7 rings (SSSR count). The summed E-state index contributed by atoms with van der Waals surface area (Å²) in [6.45, 7) is 6.31. The highest BCUT2D eigenvalue weighted by Gasteiger charge is 2.36. The number of ether oxygens (including phenoxy) is 2. The number of methoxy groups -OCH3 is 1. The van der Waals surface area contributed by atoms with Crippen molar-refractivity contribution < 1.29 is 34.1 Å². The Morgan fingerprint density at radius 2 is 1.86 bits per heavy atom. The normalized spacial score (nSPS) is 22.8. The molecule has 2 aromatic heterocycles. The average molecular weight is 787 g/mol. The van der Waals surface area contributed by atoms with E-state index in [0.29, 0.717) is 37.9 Å². The van der Waals surface area contributed by atoms with Crippen LogP contribution in [0.2, 0.25) is 0 Å². The highest BCUT2D eigenvalue weighted by molar-refractivity contribution is 5.95. The fourth-order valence-electron chi connectivity index (χ4n) is 8.82. The predicted molar refractivity (Wildman–Crippen MR) is 225 cm³/mol. The number of aryl methyl sites for hydroxylation is 1. The smallest absolute Gasteiger partial charge is 0.302 e. The minimum absolute atomic E-state index is 0.00721. The zero-order chi connectivity index (χ0) is 41.0. The van der Waals surface area contributed by atoms with E-state index >= 15 is 0 Å². The number of rotatable bonds is 6. The molecule has 0 radical (unpaired) electrons. The first-order chi connectivity index (χ1) is 27.9. The third kappa shape index (κ3) is 8.78. The number of H-pyrrole nitrogens is 1. The van der Waals surface area contributed by atoms with Gasteiger partial charge in [-0.3, -0.25) is 14.4 Å². The van der Waals surface area contributed by atoms with Crippen LogP contribution in [0.15, 0.2) is 103 Å². The maximum absolute atomic E-state index is 14.3. The van der Waals surface area contributed by atoms with E-state index < -0.39 is 18.1 Å². The van der Waals surface area contributed by atoms with Gasteiger partial charge in [0.15, 0.2) is 11.5 Å². The summed E-state index contributed by atoms with van der Waals surface area (Å²) < 4.78 is 13.3. The van der Waals surface area contributed by atoms with Crippen molar-refractivity contribution in [1.29, 1.82) is 0 Å². The summed E-state index contributed by atoms with van der Waals surface area (Å²) in [5.74, 6) is -0.0576. The number of nitrogens with zero attached hydrogens (tertiary/aromatic N) is 2. The lowest BCUT2D eigenvalue weighted by atomic mass is 9.66.